The maximum atomic E-state index is 2.34. The van der Waals surface area contributed by atoms with Crippen LogP contribution in [-0.4, -0.2) is 0 Å². The summed E-state index contributed by atoms with van der Waals surface area (Å²) in [4.78, 5) is 0. The average Bonchev–Trinajstić information content (AvgIpc) is 2.75. The molecular weight excluding hydrogens is 220 g/mol. The first-order valence-corrected chi connectivity index (χ1v) is 6.85. The lowest BCUT2D eigenvalue weighted by Gasteiger charge is -2.03. The van der Waals surface area contributed by atoms with Gasteiger partial charge < -0.3 is 0 Å². The highest BCUT2D eigenvalue weighted by molar-refractivity contribution is 7.32. The van der Waals surface area contributed by atoms with Gasteiger partial charge in [0.2, 0.25) is 0 Å². The van der Waals surface area contributed by atoms with E-state index in [0.717, 1.165) is 0 Å². The predicted molar refractivity (Wildman–Crippen MR) is 71.3 cm³/mol. The van der Waals surface area contributed by atoms with Crippen LogP contribution in [0.4, 0.5) is 0 Å². The minimum absolute atomic E-state index is 0.620. The van der Waals surface area contributed by atoms with Crippen molar-refractivity contribution >= 4 is 42.2 Å². The van der Waals surface area contributed by atoms with Crippen LogP contribution < -0.4 is 0 Å². The Labute approximate surface area is 97.2 Å². The molecule has 0 saturated heterocycles. The molecule has 2 heteroatoms. The Kier molecular flexibility index (Phi) is 2.08. The van der Waals surface area contributed by atoms with Crippen molar-refractivity contribution < 1.29 is 0 Å². The van der Waals surface area contributed by atoms with Gasteiger partial charge in [-0.1, -0.05) is 26.0 Å². The molecule has 0 aliphatic heterocycles. The highest BCUT2D eigenvalue weighted by atomic mass is 32.1. The van der Waals surface area contributed by atoms with E-state index in [1.54, 1.807) is 0 Å². The lowest BCUT2D eigenvalue weighted by atomic mass is 10.0. The fraction of sp³-hybridized carbons (Fsp3) is 0.231. The number of thiophene rings is 2. The molecule has 0 saturated carbocycles. The summed E-state index contributed by atoms with van der Waals surface area (Å²) in [5, 5.41) is 3.60. The van der Waals surface area contributed by atoms with Crippen molar-refractivity contribution in [3.63, 3.8) is 0 Å². The molecule has 0 aliphatic carbocycles. The van der Waals surface area contributed by atoms with E-state index in [1.807, 2.05) is 22.7 Å². The first-order chi connectivity index (χ1) is 7.25. The summed E-state index contributed by atoms with van der Waals surface area (Å²) in [5.41, 5.74) is 1.44. The number of hydrogen-bond acceptors (Lipinski definition) is 2. The third-order valence-electron chi connectivity index (χ3n) is 2.77. The van der Waals surface area contributed by atoms with E-state index in [0.29, 0.717) is 5.92 Å². The van der Waals surface area contributed by atoms with Gasteiger partial charge >= 0.3 is 0 Å². The van der Waals surface area contributed by atoms with E-state index in [9.17, 15) is 0 Å². The van der Waals surface area contributed by atoms with Crippen LogP contribution >= 0.6 is 22.7 Å². The molecule has 76 valence electrons. The molecule has 0 N–H and O–H groups in total. The zero-order valence-electron chi connectivity index (χ0n) is 8.78. The summed E-state index contributed by atoms with van der Waals surface area (Å²) < 4.78 is 4.31. The highest BCUT2D eigenvalue weighted by Crippen LogP contribution is 2.38. The van der Waals surface area contributed by atoms with Gasteiger partial charge in [0.05, 0.1) is 4.70 Å². The second-order valence-corrected chi connectivity index (χ2v) is 6.13. The van der Waals surface area contributed by atoms with E-state index in [2.05, 4.69) is 43.5 Å². The molecule has 0 spiro atoms. The van der Waals surface area contributed by atoms with Gasteiger partial charge in [-0.05, 0) is 29.0 Å². The maximum absolute atomic E-state index is 2.34. The van der Waals surface area contributed by atoms with E-state index in [1.165, 1.54) is 25.0 Å². The van der Waals surface area contributed by atoms with Gasteiger partial charge in [-0.15, -0.1) is 22.7 Å². The van der Waals surface area contributed by atoms with E-state index >= 15 is 0 Å². The third-order valence-corrected chi connectivity index (χ3v) is 4.96. The van der Waals surface area contributed by atoms with E-state index in [-0.39, 0.29) is 0 Å². The van der Waals surface area contributed by atoms with Crippen LogP contribution in [0.1, 0.15) is 25.3 Å². The van der Waals surface area contributed by atoms with Crippen LogP contribution in [0.25, 0.3) is 19.5 Å². The Morgan fingerprint density at radius 3 is 2.73 bits per heavy atom. The molecule has 2 heterocycles. The van der Waals surface area contributed by atoms with Gasteiger partial charge in [-0.25, -0.2) is 0 Å². The Bertz CT molecular complexity index is 614. The van der Waals surface area contributed by atoms with Crippen molar-refractivity contribution in [2.45, 2.75) is 19.8 Å². The van der Waals surface area contributed by atoms with Gasteiger partial charge in [-0.2, -0.15) is 0 Å². The van der Waals surface area contributed by atoms with Crippen LogP contribution in [0.5, 0.6) is 0 Å². The minimum atomic E-state index is 0.620. The maximum Gasteiger partial charge on any atom is 0.0529 e. The lowest BCUT2D eigenvalue weighted by molar-refractivity contribution is 0.869. The molecule has 1 aromatic carbocycles. The molecule has 0 radical (unpaired) electrons. The van der Waals surface area contributed by atoms with Gasteiger partial charge in [-0.3, -0.25) is 0 Å². The van der Waals surface area contributed by atoms with Crippen LogP contribution in [-0.2, 0) is 0 Å². The standard InChI is InChI=1S/C13H12S2/c1-8(2)9-3-4-10-12(7-9)15-11-5-6-14-13(10)11/h3-8H,1-2H3. The van der Waals surface area contributed by atoms with Crippen molar-refractivity contribution in [1.29, 1.82) is 0 Å². The van der Waals surface area contributed by atoms with Crippen molar-refractivity contribution in [3.05, 3.63) is 35.2 Å². The Hall–Kier alpha value is -0.860. The van der Waals surface area contributed by atoms with Gasteiger partial charge in [0.25, 0.3) is 0 Å². The van der Waals surface area contributed by atoms with Crippen molar-refractivity contribution in [2.24, 2.45) is 0 Å². The zero-order valence-corrected chi connectivity index (χ0v) is 10.4. The largest absolute Gasteiger partial charge is 0.142 e. The SMILES string of the molecule is CC(C)c1ccc2c(c1)sc1ccsc12. The minimum Gasteiger partial charge on any atom is -0.142 e. The second kappa shape index (κ2) is 3.32. The molecule has 0 bridgehead atoms. The second-order valence-electron chi connectivity index (χ2n) is 4.13. The van der Waals surface area contributed by atoms with Crippen LogP contribution in [0.3, 0.4) is 0 Å². The van der Waals surface area contributed by atoms with Crippen LogP contribution in [0, 0.1) is 0 Å². The van der Waals surface area contributed by atoms with Gasteiger partial charge in [0.15, 0.2) is 0 Å². The molecule has 0 fully saturated rings. The van der Waals surface area contributed by atoms with Crippen molar-refractivity contribution in [2.75, 3.05) is 0 Å². The molecule has 3 rings (SSSR count). The number of hydrogen-bond donors (Lipinski definition) is 0. The molecule has 2 aromatic heterocycles. The fourth-order valence-corrected chi connectivity index (χ4v) is 4.16. The van der Waals surface area contributed by atoms with Gasteiger partial charge in [0.1, 0.15) is 0 Å². The van der Waals surface area contributed by atoms with Gasteiger partial charge in [0, 0.05) is 14.8 Å². The smallest absolute Gasteiger partial charge is 0.0529 e. The quantitative estimate of drug-likeness (QED) is 0.538. The highest BCUT2D eigenvalue weighted by Gasteiger charge is 2.07. The van der Waals surface area contributed by atoms with Crippen molar-refractivity contribution in [1.82, 2.24) is 0 Å². The summed E-state index contributed by atoms with van der Waals surface area (Å²) in [6.45, 7) is 4.49. The van der Waals surface area contributed by atoms with E-state index < -0.39 is 0 Å². The molecule has 0 unspecified atom stereocenters. The summed E-state index contributed by atoms with van der Waals surface area (Å²) >= 11 is 3.76. The number of rotatable bonds is 1. The molecule has 0 atom stereocenters. The monoisotopic (exact) mass is 232 g/mol. The topological polar surface area (TPSA) is 0 Å². The Morgan fingerprint density at radius 1 is 1.07 bits per heavy atom. The summed E-state index contributed by atoms with van der Waals surface area (Å²) in [6, 6.07) is 9.11. The molecular formula is C13H12S2. The molecule has 15 heavy (non-hydrogen) atoms. The summed E-state index contributed by atoms with van der Waals surface area (Å²) in [5.74, 6) is 0.620. The molecule has 0 amide bonds. The molecule has 3 aromatic rings. The Balaban J connectivity index is 2.35. The zero-order chi connectivity index (χ0) is 10.4. The fourth-order valence-electron chi connectivity index (χ4n) is 1.86. The first-order valence-electron chi connectivity index (χ1n) is 5.15. The Morgan fingerprint density at radius 2 is 1.93 bits per heavy atom. The van der Waals surface area contributed by atoms with E-state index in [4.69, 9.17) is 0 Å². The molecule has 0 nitrogen and oxygen atoms in total. The first kappa shape index (κ1) is 9.37. The lowest BCUT2D eigenvalue weighted by Crippen LogP contribution is -1.84. The number of benzene rings is 1. The van der Waals surface area contributed by atoms with Crippen LogP contribution in [0.2, 0.25) is 0 Å². The predicted octanol–water partition coefficient (Wildman–Crippen LogP) is 5.24. The average molecular weight is 232 g/mol. The molecule has 0 aliphatic rings. The third kappa shape index (κ3) is 1.40. The summed E-state index contributed by atoms with van der Waals surface area (Å²) in [7, 11) is 0. The summed E-state index contributed by atoms with van der Waals surface area (Å²) in [6.07, 6.45) is 0. The van der Waals surface area contributed by atoms with Crippen molar-refractivity contribution in [3.8, 4) is 0 Å². The number of fused-ring (bicyclic) bond motifs is 3. The van der Waals surface area contributed by atoms with Crippen LogP contribution in [0.15, 0.2) is 29.6 Å². The normalized spacial score (nSPS) is 11.9.